The lowest BCUT2D eigenvalue weighted by Gasteiger charge is -2.06. The number of carbonyl (C=O) groups excluding carboxylic acids is 1. The van der Waals surface area contributed by atoms with Crippen LogP contribution >= 0.6 is 11.6 Å². The van der Waals surface area contributed by atoms with E-state index in [-0.39, 0.29) is 5.91 Å². The van der Waals surface area contributed by atoms with Crippen molar-refractivity contribution < 1.29 is 4.79 Å². The molecule has 1 aliphatic carbocycles. The highest BCUT2D eigenvalue weighted by molar-refractivity contribution is 6.30. The van der Waals surface area contributed by atoms with E-state index in [4.69, 9.17) is 11.6 Å². The molecule has 0 atom stereocenters. The molecule has 0 saturated heterocycles. The van der Waals surface area contributed by atoms with Gasteiger partial charge in [-0.1, -0.05) is 11.6 Å². The van der Waals surface area contributed by atoms with Crippen molar-refractivity contribution in [2.24, 2.45) is 0 Å². The molecule has 0 aliphatic heterocycles. The molecular weight excluding hydrogens is 274 g/mol. The molecule has 1 fully saturated rings. The second-order valence-corrected chi connectivity index (χ2v) is 5.25. The first-order valence-corrected chi connectivity index (χ1v) is 6.88. The summed E-state index contributed by atoms with van der Waals surface area (Å²) in [5.41, 5.74) is 1.24. The highest BCUT2D eigenvalue weighted by atomic mass is 35.5. The summed E-state index contributed by atoms with van der Waals surface area (Å²) in [5.74, 6) is 0.633. The van der Waals surface area contributed by atoms with Crippen LogP contribution in [-0.4, -0.2) is 16.9 Å². The first-order chi connectivity index (χ1) is 9.70. The van der Waals surface area contributed by atoms with Crippen molar-refractivity contribution in [1.29, 1.82) is 0 Å². The Bertz CT molecular complexity index is 606. The van der Waals surface area contributed by atoms with Gasteiger partial charge in [0.25, 0.3) is 5.91 Å². The van der Waals surface area contributed by atoms with Crippen molar-refractivity contribution >= 4 is 29.0 Å². The molecule has 2 aromatic rings. The van der Waals surface area contributed by atoms with Crippen molar-refractivity contribution in [3.63, 3.8) is 0 Å². The SMILES string of the molecule is O=C(Nc1ccc(Cl)cc1)c1ccc(NC2CC2)nc1. The van der Waals surface area contributed by atoms with E-state index in [1.165, 1.54) is 12.8 Å². The summed E-state index contributed by atoms with van der Waals surface area (Å²) in [6, 6.07) is 11.1. The van der Waals surface area contributed by atoms with Crippen molar-refractivity contribution in [3.05, 3.63) is 53.2 Å². The Labute approximate surface area is 122 Å². The number of pyridine rings is 1. The van der Waals surface area contributed by atoms with Gasteiger partial charge in [0, 0.05) is 22.9 Å². The van der Waals surface area contributed by atoms with E-state index in [1.807, 2.05) is 6.07 Å². The highest BCUT2D eigenvalue weighted by Gasteiger charge is 2.21. The van der Waals surface area contributed by atoms with Crippen molar-refractivity contribution in [2.75, 3.05) is 10.6 Å². The van der Waals surface area contributed by atoms with Crippen LogP contribution in [0.5, 0.6) is 0 Å². The molecule has 1 heterocycles. The van der Waals surface area contributed by atoms with Gasteiger partial charge in [-0.25, -0.2) is 4.98 Å². The minimum atomic E-state index is -0.183. The summed E-state index contributed by atoms with van der Waals surface area (Å²) < 4.78 is 0. The van der Waals surface area contributed by atoms with E-state index in [2.05, 4.69) is 15.6 Å². The minimum absolute atomic E-state index is 0.183. The molecule has 0 radical (unpaired) electrons. The standard InChI is InChI=1S/C15H14ClN3O/c16-11-2-4-13(5-3-11)19-15(20)10-1-8-14(17-9-10)18-12-6-7-12/h1-5,8-9,12H,6-7H2,(H,17,18)(H,19,20). The van der Waals surface area contributed by atoms with Crippen molar-refractivity contribution in [3.8, 4) is 0 Å². The maximum absolute atomic E-state index is 12.0. The zero-order valence-electron chi connectivity index (χ0n) is 10.8. The van der Waals surface area contributed by atoms with Gasteiger partial charge in [0.2, 0.25) is 0 Å². The Kier molecular flexibility index (Phi) is 3.56. The van der Waals surface area contributed by atoms with Crippen molar-refractivity contribution in [1.82, 2.24) is 4.98 Å². The third-order valence-electron chi connectivity index (χ3n) is 3.06. The van der Waals surface area contributed by atoms with Crippen LogP contribution in [0.2, 0.25) is 5.02 Å². The fraction of sp³-hybridized carbons (Fsp3) is 0.200. The molecule has 0 bridgehead atoms. The minimum Gasteiger partial charge on any atom is -0.367 e. The lowest BCUT2D eigenvalue weighted by molar-refractivity contribution is 0.102. The largest absolute Gasteiger partial charge is 0.367 e. The molecule has 5 heteroatoms. The number of aromatic nitrogens is 1. The molecule has 1 amide bonds. The number of halogens is 1. The lowest BCUT2D eigenvalue weighted by atomic mass is 10.2. The van der Waals surface area contributed by atoms with Crippen LogP contribution in [0.4, 0.5) is 11.5 Å². The normalized spacial score (nSPS) is 13.8. The molecule has 20 heavy (non-hydrogen) atoms. The predicted octanol–water partition coefficient (Wildman–Crippen LogP) is 3.56. The number of hydrogen-bond acceptors (Lipinski definition) is 3. The molecule has 1 aromatic heterocycles. The first kappa shape index (κ1) is 12.9. The number of benzene rings is 1. The zero-order chi connectivity index (χ0) is 13.9. The van der Waals surface area contributed by atoms with Crippen LogP contribution in [-0.2, 0) is 0 Å². The van der Waals surface area contributed by atoms with Crippen LogP contribution in [0.1, 0.15) is 23.2 Å². The summed E-state index contributed by atoms with van der Waals surface area (Å²) in [6.07, 6.45) is 3.97. The van der Waals surface area contributed by atoms with Crippen LogP contribution in [0.3, 0.4) is 0 Å². The number of hydrogen-bond donors (Lipinski definition) is 2. The van der Waals surface area contributed by atoms with E-state index in [1.54, 1.807) is 36.5 Å². The van der Waals surface area contributed by atoms with E-state index in [0.717, 1.165) is 5.82 Å². The summed E-state index contributed by atoms with van der Waals surface area (Å²) in [5, 5.41) is 6.72. The fourth-order valence-electron chi connectivity index (χ4n) is 1.79. The molecule has 1 aromatic carbocycles. The Balaban J connectivity index is 1.65. The maximum Gasteiger partial charge on any atom is 0.257 e. The van der Waals surface area contributed by atoms with Gasteiger partial charge in [-0.15, -0.1) is 0 Å². The number of nitrogens with zero attached hydrogens (tertiary/aromatic N) is 1. The van der Waals surface area contributed by atoms with E-state index in [9.17, 15) is 4.79 Å². The van der Waals surface area contributed by atoms with Gasteiger partial charge < -0.3 is 10.6 Å². The Morgan fingerprint density at radius 3 is 2.50 bits per heavy atom. The molecule has 1 aliphatic rings. The number of nitrogens with one attached hydrogen (secondary N) is 2. The molecular formula is C15H14ClN3O. The summed E-state index contributed by atoms with van der Waals surface area (Å²) in [6.45, 7) is 0. The average molecular weight is 288 g/mol. The lowest BCUT2D eigenvalue weighted by Crippen LogP contribution is -2.12. The molecule has 4 nitrogen and oxygen atoms in total. The smallest absolute Gasteiger partial charge is 0.257 e. The van der Waals surface area contributed by atoms with Gasteiger partial charge in [-0.2, -0.15) is 0 Å². The van der Waals surface area contributed by atoms with Gasteiger partial charge >= 0.3 is 0 Å². The maximum atomic E-state index is 12.0. The zero-order valence-corrected chi connectivity index (χ0v) is 11.5. The molecule has 0 spiro atoms. The summed E-state index contributed by atoms with van der Waals surface area (Å²) in [4.78, 5) is 16.3. The number of rotatable bonds is 4. The highest BCUT2D eigenvalue weighted by Crippen LogP contribution is 2.23. The number of anilines is 2. The van der Waals surface area contributed by atoms with E-state index >= 15 is 0 Å². The molecule has 102 valence electrons. The topological polar surface area (TPSA) is 54.0 Å². The van der Waals surface area contributed by atoms with Crippen LogP contribution in [0.25, 0.3) is 0 Å². The van der Waals surface area contributed by atoms with Gasteiger partial charge in [-0.3, -0.25) is 4.79 Å². The van der Waals surface area contributed by atoms with Crippen LogP contribution in [0.15, 0.2) is 42.6 Å². The fourth-order valence-corrected chi connectivity index (χ4v) is 1.91. The summed E-state index contributed by atoms with van der Waals surface area (Å²) in [7, 11) is 0. The molecule has 3 rings (SSSR count). The van der Waals surface area contributed by atoms with Gasteiger partial charge in [0.15, 0.2) is 0 Å². The number of carbonyl (C=O) groups is 1. The monoisotopic (exact) mass is 287 g/mol. The molecule has 0 unspecified atom stereocenters. The van der Waals surface area contributed by atoms with E-state index < -0.39 is 0 Å². The quantitative estimate of drug-likeness (QED) is 0.904. The second kappa shape index (κ2) is 5.51. The summed E-state index contributed by atoms with van der Waals surface area (Å²) >= 11 is 5.80. The molecule has 2 N–H and O–H groups in total. The van der Waals surface area contributed by atoms with Crippen molar-refractivity contribution in [2.45, 2.75) is 18.9 Å². The third-order valence-corrected chi connectivity index (χ3v) is 3.31. The third kappa shape index (κ3) is 3.27. The van der Waals surface area contributed by atoms with E-state index in [0.29, 0.717) is 22.3 Å². The van der Waals surface area contributed by atoms with Gasteiger partial charge in [-0.05, 0) is 49.2 Å². The first-order valence-electron chi connectivity index (χ1n) is 6.50. The van der Waals surface area contributed by atoms with Crippen LogP contribution < -0.4 is 10.6 Å². The molecule has 1 saturated carbocycles. The number of amides is 1. The van der Waals surface area contributed by atoms with Gasteiger partial charge in [0.1, 0.15) is 5.82 Å². The second-order valence-electron chi connectivity index (χ2n) is 4.81. The predicted molar refractivity (Wildman–Crippen MR) is 80.3 cm³/mol. The Hall–Kier alpha value is -2.07. The Morgan fingerprint density at radius 1 is 1.15 bits per heavy atom. The van der Waals surface area contributed by atoms with Crippen LogP contribution in [0, 0.1) is 0 Å². The van der Waals surface area contributed by atoms with Gasteiger partial charge in [0.05, 0.1) is 5.56 Å². The average Bonchev–Trinajstić information content (AvgIpc) is 3.26. The Morgan fingerprint density at radius 2 is 1.90 bits per heavy atom.